The molecule has 0 aliphatic heterocycles. The van der Waals surface area contributed by atoms with Crippen LogP contribution in [0.25, 0.3) is 0 Å². The number of halogens is 2. The third-order valence-electron chi connectivity index (χ3n) is 2.81. The lowest BCUT2D eigenvalue weighted by Gasteiger charge is -2.14. The average molecular weight is 308 g/mol. The van der Waals surface area contributed by atoms with E-state index < -0.39 is 11.5 Å². The molecule has 0 radical (unpaired) electrons. The average Bonchev–Trinajstić information content (AvgIpc) is 2.48. The van der Waals surface area contributed by atoms with Gasteiger partial charge in [0.05, 0.1) is 12.2 Å². The minimum absolute atomic E-state index is 0.317. The molecule has 0 aliphatic carbocycles. The number of benzene rings is 2. The van der Waals surface area contributed by atoms with Crippen molar-refractivity contribution in [2.24, 2.45) is 0 Å². The molecule has 1 atom stereocenters. The summed E-state index contributed by atoms with van der Waals surface area (Å²) in [7, 11) is 0. The van der Waals surface area contributed by atoms with Crippen LogP contribution in [0.15, 0.2) is 48.5 Å². The van der Waals surface area contributed by atoms with Crippen LogP contribution in [-0.2, 0) is 4.74 Å². The number of rotatable bonds is 5. The first-order valence-electron chi connectivity index (χ1n) is 6.53. The van der Waals surface area contributed by atoms with Gasteiger partial charge in [-0.1, -0.05) is 29.8 Å². The topological polar surface area (TPSA) is 38.3 Å². The maximum Gasteiger partial charge on any atom is 0.338 e. The van der Waals surface area contributed by atoms with Gasteiger partial charge in [0.2, 0.25) is 0 Å². The van der Waals surface area contributed by atoms with E-state index in [1.54, 1.807) is 43.3 Å². The molecule has 3 nitrogen and oxygen atoms in total. The third kappa shape index (κ3) is 4.20. The normalized spacial score (nSPS) is 11.8. The molecule has 0 amide bonds. The van der Waals surface area contributed by atoms with E-state index in [2.05, 4.69) is 5.32 Å². The quantitative estimate of drug-likeness (QED) is 0.507. The second-order valence-corrected chi connectivity index (χ2v) is 4.80. The van der Waals surface area contributed by atoms with Crippen LogP contribution in [0.5, 0.6) is 0 Å². The first-order chi connectivity index (χ1) is 10.1. The largest absolute Gasteiger partial charge is 0.462 e. The number of nitrogens with one attached hydrogen (secondary N) is 1. The lowest BCUT2D eigenvalue weighted by atomic mass is 10.2. The standard InChI is InChI=1S/C16H15ClFNO2/c1-2-21-16(20)12-6-4-8-14(10-12)19-15(17)11-5-3-7-13(18)9-11/h3-10,15,19H,2H2,1H3. The molecule has 1 N–H and O–H groups in total. The summed E-state index contributed by atoms with van der Waals surface area (Å²) in [6.07, 6.45) is 0. The van der Waals surface area contributed by atoms with Gasteiger partial charge in [0, 0.05) is 5.69 Å². The molecule has 0 aromatic heterocycles. The van der Waals surface area contributed by atoms with Crippen molar-refractivity contribution in [3.63, 3.8) is 0 Å². The Balaban J connectivity index is 2.12. The van der Waals surface area contributed by atoms with Crippen molar-refractivity contribution < 1.29 is 13.9 Å². The molecule has 2 aromatic carbocycles. The molecule has 0 saturated heterocycles. The highest BCUT2D eigenvalue weighted by atomic mass is 35.5. The summed E-state index contributed by atoms with van der Waals surface area (Å²) in [5, 5.41) is 3.01. The van der Waals surface area contributed by atoms with Gasteiger partial charge in [0.1, 0.15) is 11.3 Å². The number of alkyl halides is 1. The zero-order chi connectivity index (χ0) is 15.2. The van der Waals surface area contributed by atoms with Gasteiger partial charge in [-0.2, -0.15) is 0 Å². The Morgan fingerprint density at radius 1 is 1.29 bits per heavy atom. The molecule has 5 heteroatoms. The predicted octanol–water partition coefficient (Wildman–Crippen LogP) is 4.35. The summed E-state index contributed by atoms with van der Waals surface area (Å²) in [5.74, 6) is -0.738. The summed E-state index contributed by atoms with van der Waals surface area (Å²) in [4.78, 5) is 11.7. The molecule has 0 fully saturated rings. The molecule has 1 unspecified atom stereocenters. The van der Waals surface area contributed by atoms with Crippen LogP contribution >= 0.6 is 11.6 Å². The van der Waals surface area contributed by atoms with E-state index in [-0.39, 0.29) is 5.82 Å². The van der Waals surface area contributed by atoms with Crippen molar-refractivity contribution in [3.8, 4) is 0 Å². The monoisotopic (exact) mass is 307 g/mol. The summed E-state index contributed by atoms with van der Waals surface area (Å²) in [5.41, 5.74) is 1.10. The van der Waals surface area contributed by atoms with Crippen molar-refractivity contribution in [3.05, 3.63) is 65.5 Å². The molecule has 0 aliphatic rings. The van der Waals surface area contributed by atoms with Crippen LogP contribution in [0.1, 0.15) is 28.3 Å². The van der Waals surface area contributed by atoms with Gasteiger partial charge in [-0.25, -0.2) is 9.18 Å². The summed E-state index contributed by atoms with van der Waals surface area (Å²) >= 11 is 6.21. The number of hydrogen-bond donors (Lipinski definition) is 1. The summed E-state index contributed by atoms with van der Waals surface area (Å²) in [6, 6.07) is 12.8. The predicted molar refractivity (Wildman–Crippen MR) is 81.0 cm³/mol. The third-order valence-corrected chi connectivity index (χ3v) is 3.17. The fraction of sp³-hybridized carbons (Fsp3) is 0.188. The first-order valence-corrected chi connectivity index (χ1v) is 6.97. The zero-order valence-corrected chi connectivity index (χ0v) is 12.2. The Labute approximate surface area is 127 Å². The SMILES string of the molecule is CCOC(=O)c1cccc(NC(Cl)c2cccc(F)c2)c1. The van der Waals surface area contributed by atoms with Gasteiger partial charge in [-0.15, -0.1) is 0 Å². The van der Waals surface area contributed by atoms with Crippen LogP contribution in [0.2, 0.25) is 0 Å². The Kier molecular flexibility index (Phi) is 5.17. The van der Waals surface area contributed by atoms with Gasteiger partial charge < -0.3 is 10.1 Å². The number of esters is 1. The van der Waals surface area contributed by atoms with Gasteiger partial charge in [-0.3, -0.25) is 0 Å². The lowest BCUT2D eigenvalue weighted by molar-refractivity contribution is 0.0526. The molecule has 110 valence electrons. The van der Waals surface area contributed by atoms with Crippen LogP contribution in [0.4, 0.5) is 10.1 Å². The van der Waals surface area contributed by atoms with Crippen molar-refractivity contribution >= 4 is 23.3 Å². The van der Waals surface area contributed by atoms with Crippen molar-refractivity contribution in [2.45, 2.75) is 12.4 Å². The molecule has 0 heterocycles. The number of hydrogen-bond acceptors (Lipinski definition) is 3. The van der Waals surface area contributed by atoms with Crippen LogP contribution in [-0.4, -0.2) is 12.6 Å². The van der Waals surface area contributed by atoms with E-state index in [1.165, 1.54) is 12.1 Å². The van der Waals surface area contributed by atoms with E-state index in [1.807, 2.05) is 0 Å². The smallest absolute Gasteiger partial charge is 0.338 e. The Hall–Kier alpha value is -2.07. The van der Waals surface area contributed by atoms with Crippen molar-refractivity contribution in [2.75, 3.05) is 11.9 Å². The van der Waals surface area contributed by atoms with Gasteiger partial charge >= 0.3 is 5.97 Å². The Morgan fingerprint density at radius 3 is 2.76 bits per heavy atom. The van der Waals surface area contributed by atoms with E-state index in [9.17, 15) is 9.18 Å². The maximum atomic E-state index is 13.2. The first kappa shape index (κ1) is 15.3. The number of carbonyl (C=O) groups excluding carboxylic acids is 1. The highest BCUT2D eigenvalue weighted by Gasteiger charge is 2.11. The summed E-state index contributed by atoms with van der Waals surface area (Å²) < 4.78 is 18.1. The Morgan fingerprint density at radius 2 is 2.05 bits per heavy atom. The second-order valence-electron chi connectivity index (χ2n) is 4.36. The zero-order valence-electron chi connectivity index (χ0n) is 11.5. The molecule has 0 spiro atoms. The number of carbonyl (C=O) groups is 1. The lowest BCUT2D eigenvalue weighted by Crippen LogP contribution is -2.07. The van der Waals surface area contributed by atoms with E-state index >= 15 is 0 Å². The number of ether oxygens (including phenoxy) is 1. The van der Waals surface area contributed by atoms with Crippen LogP contribution in [0.3, 0.4) is 0 Å². The van der Waals surface area contributed by atoms with Gasteiger partial charge in [-0.05, 0) is 42.8 Å². The highest BCUT2D eigenvalue weighted by Crippen LogP contribution is 2.24. The minimum atomic E-state index is -0.599. The molecule has 0 bridgehead atoms. The molecule has 2 rings (SSSR count). The summed E-state index contributed by atoms with van der Waals surface area (Å²) in [6.45, 7) is 2.07. The highest BCUT2D eigenvalue weighted by molar-refractivity contribution is 6.21. The Bertz CT molecular complexity index is 633. The van der Waals surface area contributed by atoms with Crippen molar-refractivity contribution in [1.29, 1.82) is 0 Å². The van der Waals surface area contributed by atoms with E-state index in [0.29, 0.717) is 23.4 Å². The van der Waals surface area contributed by atoms with Gasteiger partial charge in [0.15, 0.2) is 0 Å². The van der Waals surface area contributed by atoms with Crippen LogP contribution < -0.4 is 5.32 Å². The minimum Gasteiger partial charge on any atom is -0.462 e. The molecule has 2 aromatic rings. The molecule has 0 saturated carbocycles. The fourth-order valence-electron chi connectivity index (χ4n) is 1.84. The van der Waals surface area contributed by atoms with Crippen molar-refractivity contribution in [1.82, 2.24) is 0 Å². The fourth-order valence-corrected chi connectivity index (χ4v) is 2.11. The molecular weight excluding hydrogens is 293 g/mol. The second kappa shape index (κ2) is 7.09. The molecule has 21 heavy (non-hydrogen) atoms. The van der Waals surface area contributed by atoms with E-state index in [0.717, 1.165) is 0 Å². The van der Waals surface area contributed by atoms with Crippen LogP contribution in [0, 0.1) is 5.82 Å². The number of anilines is 1. The maximum absolute atomic E-state index is 13.2. The van der Waals surface area contributed by atoms with E-state index in [4.69, 9.17) is 16.3 Å². The molecular formula is C16H15ClFNO2. The van der Waals surface area contributed by atoms with Gasteiger partial charge in [0.25, 0.3) is 0 Å².